The second kappa shape index (κ2) is 5.36. The Hall–Kier alpha value is -0.600. The predicted octanol–water partition coefficient (Wildman–Crippen LogP) is 3.80. The molecule has 2 rings (SSSR count). The lowest BCUT2D eigenvalue weighted by molar-refractivity contribution is 0.391. The van der Waals surface area contributed by atoms with Crippen molar-refractivity contribution in [3.05, 3.63) is 34.6 Å². The van der Waals surface area contributed by atoms with Crippen molar-refractivity contribution in [1.29, 1.82) is 0 Å². The van der Waals surface area contributed by atoms with Gasteiger partial charge in [0, 0.05) is 17.1 Å². The van der Waals surface area contributed by atoms with Crippen LogP contribution >= 0.6 is 11.6 Å². The third-order valence-corrected chi connectivity index (χ3v) is 3.72. The summed E-state index contributed by atoms with van der Waals surface area (Å²) in [5.41, 5.74) is 0.756. The number of hydrogen-bond acceptors (Lipinski definition) is 1. The molecular formula is C14H19ClFN. The van der Waals surface area contributed by atoms with Gasteiger partial charge in [-0.1, -0.05) is 24.6 Å². The van der Waals surface area contributed by atoms with E-state index in [0.29, 0.717) is 23.0 Å². The van der Waals surface area contributed by atoms with Crippen LogP contribution in [0.25, 0.3) is 0 Å². The molecule has 0 spiro atoms. The molecule has 94 valence electrons. The monoisotopic (exact) mass is 255 g/mol. The lowest BCUT2D eigenvalue weighted by Gasteiger charge is -2.21. The lowest BCUT2D eigenvalue weighted by Crippen LogP contribution is -2.34. The van der Waals surface area contributed by atoms with Gasteiger partial charge in [0.15, 0.2) is 0 Å². The van der Waals surface area contributed by atoms with Crippen LogP contribution in [0.15, 0.2) is 18.2 Å². The maximum Gasteiger partial charge on any atom is 0.127 e. The number of hydrogen-bond donors (Lipinski definition) is 1. The second-order valence-electron chi connectivity index (χ2n) is 5.15. The summed E-state index contributed by atoms with van der Waals surface area (Å²) in [5.74, 6) is 0.231. The quantitative estimate of drug-likeness (QED) is 0.844. The molecule has 0 aromatic heterocycles. The first-order valence-electron chi connectivity index (χ1n) is 6.26. The van der Waals surface area contributed by atoms with E-state index in [1.807, 2.05) is 0 Å². The largest absolute Gasteiger partial charge is 0.311 e. The molecule has 1 nitrogen and oxygen atoms in total. The first-order valence-corrected chi connectivity index (χ1v) is 6.64. The SMILES string of the molecule is CC(Cc1ccc(Cl)cc1F)C(C)NC1CC1. The molecule has 0 heterocycles. The summed E-state index contributed by atoms with van der Waals surface area (Å²) in [5, 5.41) is 4.02. The Morgan fingerprint density at radius 3 is 2.71 bits per heavy atom. The molecule has 17 heavy (non-hydrogen) atoms. The van der Waals surface area contributed by atoms with E-state index in [2.05, 4.69) is 19.2 Å². The average Bonchev–Trinajstić information content (AvgIpc) is 3.06. The molecule has 0 bridgehead atoms. The zero-order valence-electron chi connectivity index (χ0n) is 10.3. The highest BCUT2D eigenvalue weighted by molar-refractivity contribution is 6.30. The van der Waals surface area contributed by atoms with Crippen molar-refractivity contribution in [2.75, 3.05) is 0 Å². The number of nitrogens with one attached hydrogen (secondary N) is 1. The second-order valence-corrected chi connectivity index (χ2v) is 5.58. The van der Waals surface area contributed by atoms with Gasteiger partial charge in [0.05, 0.1) is 0 Å². The summed E-state index contributed by atoms with van der Waals surface area (Å²) in [6.45, 7) is 4.34. The van der Waals surface area contributed by atoms with Crippen molar-refractivity contribution in [3.63, 3.8) is 0 Å². The van der Waals surface area contributed by atoms with Gasteiger partial charge in [-0.3, -0.25) is 0 Å². The van der Waals surface area contributed by atoms with Crippen LogP contribution in [0.4, 0.5) is 4.39 Å². The minimum atomic E-state index is -0.192. The highest BCUT2D eigenvalue weighted by Crippen LogP contribution is 2.23. The fourth-order valence-electron chi connectivity index (χ4n) is 2.00. The summed E-state index contributed by atoms with van der Waals surface area (Å²) < 4.78 is 13.6. The zero-order chi connectivity index (χ0) is 12.4. The maximum atomic E-state index is 13.6. The van der Waals surface area contributed by atoms with Gasteiger partial charge in [-0.2, -0.15) is 0 Å². The average molecular weight is 256 g/mol. The van der Waals surface area contributed by atoms with Crippen LogP contribution < -0.4 is 5.32 Å². The molecule has 1 aliphatic rings. The molecule has 0 saturated heterocycles. The smallest absolute Gasteiger partial charge is 0.127 e. The molecule has 1 fully saturated rings. The third kappa shape index (κ3) is 3.68. The Bertz CT molecular complexity index is 390. The molecule has 3 heteroatoms. The summed E-state index contributed by atoms with van der Waals surface area (Å²) in [6, 6.07) is 6.06. The van der Waals surface area contributed by atoms with E-state index in [9.17, 15) is 4.39 Å². The fourth-order valence-corrected chi connectivity index (χ4v) is 2.16. The Morgan fingerprint density at radius 2 is 2.12 bits per heavy atom. The van der Waals surface area contributed by atoms with E-state index in [0.717, 1.165) is 12.0 Å². The van der Waals surface area contributed by atoms with Gasteiger partial charge >= 0.3 is 0 Å². The van der Waals surface area contributed by atoms with Crippen molar-refractivity contribution < 1.29 is 4.39 Å². The lowest BCUT2D eigenvalue weighted by atomic mass is 9.94. The van der Waals surface area contributed by atoms with E-state index >= 15 is 0 Å². The molecule has 1 aromatic rings. The third-order valence-electron chi connectivity index (χ3n) is 3.49. The van der Waals surface area contributed by atoms with Gasteiger partial charge < -0.3 is 5.32 Å². The first kappa shape index (κ1) is 12.8. The van der Waals surface area contributed by atoms with E-state index in [1.54, 1.807) is 12.1 Å². The Balaban J connectivity index is 1.93. The van der Waals surface area contributed by atoms with Crippen LogP contribution in [-0.2, 0) is 6.42 Å². The summed E-state index contributed by atoms with van der Waals surface area (Å²) in [6.07, 6.45) is 3.32. The van der Waals surface area contributed by atoms with Crippen molar-refractivity contribution in [2.24, 2.45) is 5.92 Å². The number of rotatable bonds is 5. The molecule has 2 atom stereocenters. The van der Waals surface area contributed by atoms with Crippen LogP contribution in [0.3, 0.4) is 0 Å². The van der Waals surface area contributed by atoms with Crippen molar-refractivity contribution in [1.82, 2.24) is 5.32 Å². The summed E-state index contributed by atoms with van der Waals surface area (Å²) >= 11 is 5.74. The van der Waals surface area contributed by atoms with Gasteiger partial charge in [0.2, 0.25) is 0 Å². The molecular weight excluding hydrogens is 237 g/mol. The van der Waals surface area contributed by atoms with Crippen LogP contribution in [0.1, 0.15) is 32.3 Å². The minimum Gasteiger partial charge on any atom is -0.311 e. The van der Waals surface area contributed by atoms with Crippen LogP contribution in [0.5, 0.6) is 0 Å². The normalized spacial score (nSPS) is 19.1. The zero-order valence-corrected chi connectivity index (χ0v) is 11.1. The summed E-state index contributed by atoms with van der Waals surface area (Å²) in [4.78, 5) is 0. The van der Waals surface area contributed by atoms with Gasteiger partial charge in [-0.15, -0.1) is 0 Å². The van der Waals surface area contributed by atoms with Crippen molar-refractivity contribution >= 4 is 11.6 Å². The topological polar surface area (TPSA) is 12.0 Å². The molecule has 0 radical (unpaired) electrons. The van der Waals surface area contributed by atoms with E-state index in [1.165, 1.54) is 18.9 Å². The van der Waals surface area contributed by atoms with Crippen LogP contribution in [0.2, 0.25) is 5.02 Å². The van der Waals surface area contributed by atoms with E-state index < -0.39 is 0 Å². The molecule has 1 aliphatic carbocycles. The van der Waals surface area contributed by atoms with Gasteiger partial charge in [0.25, 0.3) is 0 Å². The highest BCUT2D eigenvalue weighted by atomic mass is 35.5. The Kier molecular flexibility index (Phi) is 4.05. The van der Waals surface area contributed by atoms with Crippen LogP contribution in [0, 0.1) is 11.7 Å². The van der Waals surface area contributed by atoms with Crippen LogP contribution in [-0.4, -0.2) is 12.1 Å². The minimum absolute atomic E-state index is 0.192. The Labute approximate surface area is 107 Å². The molecule has 0 amide bonds. The standard InChI is InChI=1S/C14H19ClFN/c1-9(10(2)17-13-5-6-13)7-11-3-4-12(15)8-14(11)16/h3-4,8-10,13,17H,5-7H2,1-2H3. The Morgan fingerprint density at radius 1 is 1.41 bits per heavy atom. The van der Waals surface area contributed by atoms with E-state index in [4.69, 9.17) is 11.6 Å². The number of halogens is 2. The predicted molar refractivity (Wildman–Crippen MR) is 69.9 cm³/mol. The van der Waals surface area contributed by atoms with Crippen molar-refractivity contribution in [3.8, 4) is 0 Å². The van der Waals surface area contributed by atoms with Crippen molar-refractivity contribution in [2.45, 2.75) is 45.2 Å². The first-order chi connectivity index (χ1) is 8.06. The van der Waals surface area contributed by atoms with Gasteiger partial charge in [-0.25, -0.2) is 4.39 Å². The molecule has 1 N–H and O–H groups in total. The highest BCUT2D eigenvalue weighted by Gasteiger charge is 2.25. The fraction of sp³-hybridized carbons (Fsp3) is 0.571. The molecule has 1 saturated carbocycles. The maximum absolute atomic E-state index is 13.6. The molecule has 2 unspecified atom stereocenters. The van der Waals surface area contributed by atoms with E-state index in [-0.39, 0.29) is 5.82 Å². The van der Waals surface area contributed by atoms with Gasteiger partial charge in [-0.05, 0) is 49.8 Å². The molecule has 0 aliphatic heterocycles. The molecule has 1 aromatic carbocycles. The number of benzene rings is 1. The van der Waals surface area contributed by atoms with Gasteiger partial charge in [0.1, 0.15) is 5.82 Å². The summed E-state index contributed by atoms with van der Waals surface area (Å²) in [7, 11) is 0.